The molecule has 3 aromatic heterocycles. The molecule has 6 aromatic rings. The van der Waals surface area contributed by atoms with E-state index >= 15 is 0 Å². The Balaban J connectivity index is 1.77. The van der Waals surface area contributed by atoms with Gasteiger partial charge in [0.05, 0.1) is 22.3 Å². The van der Waals surface area contributed by atoms with E-state index in [0.717, 1.165) is 22.0 Å². The van der Waals surface area contributed by atoms with Gasteiger partial charge in [-0.25, -0.2) is 4.98 Å². The van der Waals surface area contributed by atoms with Crippen LogP contribution in [-0.2, 0) is 0 Å². The molecule has 6 rings (SSSR count). The van der Waals surface area contributed by atoms with Crippen molar-refractivity contribution in [3.05, 3.63) is 102 Å². The average molecular weight is 389 g/mol. The molecule has 0 bridgehead atoms. The van der Waals surface area contributed by atoms with E-state index < -0.39 is 0 Å². The smallest absolute Gasteiger partial charge is 0.266 e. The molecule has 0 spiro atoms. The lowest BCUT2D eigenvalue weighted by Crippen LogP contribution is -2.20. The highest BCUT2D eigenvalue weighted by molar-refractivity contribution is 5.94. The van der Waals surface area contributed by atoms with Gasteiger partial charge in [-0.2, -0.15) is 14.6 Å². The van der Waals surface area contributed by atoms with Gasteiger partial charge in [0.25, 0.3) is 11.3 Å². The molecule has 0 aliphatic carbocycles. The maximum absolute atomic E-state index is 13.8. The average Bonchev–Trinajstić information content (AvgIpc) is 3.26. The fourth-order valence-electron chi connectivity index (χ4n) is 4.00. The van der Waals surface area contributed by atoms with E-state index in [1.807, 2.05) is 78.9 Å². The summed E-state index contributed by atoms with van der Waals surface area (Å²) in [6.07, 6.45) is 3.23. The second-order valence-corrected chi connectivity index (χ2v) is 7.05. The summed E-state index contributed by atoms with van der Waals surface area (Å²) in [5.74, 6) is 0.462. The molecule has 0 aliphatic heterocycles. The van der Waals surface area contributed by atoms with Gasteiger partial charge in [-0.1, -0.05) is 66.7 Å². The number of nitrogens with zero attached hydrogens (tertiary/aromatic N) is 5. The lowest BCUT2D eigenvalue weighted by Gasteiger charge is -2.13. The van der Waals surface area contributed by atoms with Gasteiger partial charge in [0, 0.05) is 17.1 Å². The molecular formula is C24H15N5O. The first-order chi connectivity index (χ1) is 14.8. The van der Waals surface area contributed by atoms with Crippen LogP contribution in [0.2, 0.25) is 0 Å². The molecule has 3 aromatic carbocycles. The Morgan fingerprint density at radius 1 is 0.800 bits per heavy atom. The van der Waals surface area contributed by atoms with Gasteiger partial charge in [-0.3, -0.25) is 9.36 Å². The Hall–Kier alpha value is -4.32. The molecule has 0 amide bonds. The van der Waals surface area contributed by atoms with Crippen LogP contribution in [0.4, 0.5) is 0 Å². The van der Waals surface area contributed by atoms with Crippen molar-refractivity contribution >= 4 is 27.5 Å². The molecule has 142 valence electrons. The molecule has 0 atom stereocenters. The van der Waals surface area contributed by atoms with E-state index in [1.165, 1.54) is 6.33 Å². The highest BCUT2D eigenvalue weighted by atomic mass is 16.1. The van der Waals surface area contributed by atoms with Crippen LogP contribution in [0.1, 0.15) is 0 Å². The molecule has 0 radical (unpaired) electrons. The Morgan fingerprint density at radius 2 is 1.60 bits per heavy atom. The quantitative estimate of drug-likeness (QED) is 0.444. The summed E-state index contributed by atoms with van der Waals surface area (Å²) < 4.78 is 3.31. The molecule has 3 heterocycles. The lowest BCUT2D eigenvalue weighted by molar-refractivity contribution is 0.949. The molecule has 0 unspecified atom stereocenters. The monoisotopic (exact) mass is 389 g/mol. The maximum Gasteiger partial charge on any atom is 0.266 e. The number of pyridine rings is 1. The van der Waals surface area contributed by atoms with Crippen molar-refractivity contribution in [2.75, 3.05) is 0 Å². The van der Waals surface area contributed by atoms with Gasteiger partial charge in [-0.15, -0.1) is 0 Å². The summed E-state index contributed by atoms with van der Waals surface area (Å²) in [5, 5.41) is 6.93. The Bertz CT molecular complexity index is 1610. The zero-order valence-corrected chi connectivity index (χ0v) is 15.8. The van der Waals surface area contributed by atoms with Crippen LogP contribution in [0, 0.1) is 0 Å². The molecule has 0 fully saturated rings. The van der Waals surface area contributed by atoms with E-state index in [1.54, 1.807) is 15.3 Å². The van der Waals surface area contributed by atoms with Crippen LogP contribution in [0.25, 0.3) is 44.4 Å². The topological polar surface area (TPSA) is 65.1 Å². The maximum atomic E-state index is 13.8. The summed E-state index contributed by atoms with van der Waals surface area (Å²) in [5.41, 5.74) is 2.85. The van der Waals surface area contributed by atoms with Crippen molar-refractivity contribution in [3.63, 3.8) is 0 Å². The molecule has 6 heteroatoms. The predicted octanol–water partition coefficient (Wildman–Crippen LogP) is 4.25. The first-order valence-corrected chi connectivity index (χ1v) is 9.60. The third-order valence-corrected chi connectivity index (χ3v) is 5.34. The SMILES string of the molecule is O=c1c2c(-c3ccccc3)n3ncnc3nc2ccn1-c1cccc2ccccc12. The van der Waals surface area contributed by atoms with Crippen molar-refractivity contribution in [2.45, 2.75) is 0 Å². The second-order valence-electron chi connectivity index (χ2n) is 7.05. The minimum Gasteiger partial charge on any atom is -0.283 e. The number of fused-ring (bicyclic) bond motifs is 3. The molecule has 0 N–H and O–H groups in total. The lowest BCUT2D eigenvalue weighted by atomic mass is 10.1. The van der Waals surface area contributed by atoms with Gasteiger partial charge in [-0.05, 0) is 17.5 Å². The summed E-state index contributed by atoms with van der Waals surface area (Å²) >= 11 is 0. The van der Waals surface area contributed by atoms with Crippen LogP contribution in [0.5, 0.6) is 0 Å². The van der Waals surface area contributed by atoms with Crippen molar-refractivity contribution in [1.82, 2.24) is 24.1 Å². The van der Waals surface area contributed by atoms with Crippen LogP contribution in [0.15, 0.2) is 96.2 Å². The summed E-state index contributed by atoms with van der Waals surface area (Å²) in [4.78, 5) is 22.6. The van der Waals surface area contributed by atoms with Crippen LogP contribution in [-0.4, -0.2) is 24.1 Å². The number of hydrogen-bond donors (Lipinski definition) is 0. The van der Waals surface area contributed by atoms with Crippen molar-refractivity contribution in [1.29, 1.82) is 0 Å². The van der Waals surface area contributed by atoms with Gasteiger partial charge in [0.15, 0.2) is 0 Å². The van der Waals surface area contributed by atoms with E-state index in [2.05, 4.69) is 15.1 Å². The van der Waals surface area contributed by atoms with E-state index in [-0.39, 0.29) is 5.56 Å². The molecule has 30 heavy (non-hydrogen) atoms. The van der Waals surface area contributed by atoms with Crippen molar-refractivity contribution < 1.29 is 0 Å². The second kappa shape index (κ2) is 6.35. The predicted molar refractivity (Wildman–Crippen MR) is 117 cm³/mol. The van der Waals surface area contributed by atoms with Crippen LogP contribution < -0.4 is 5.56 Å². The zero-order valence-electron chi connectivity index (χ0n) is 15.8. The van der Waals surface area contributed by atoms with Crippen LogP contribution >= 0.6 is 0 Å². The largest absolute Gasteiger partial charge is 0.283 e. The Morgan fingerprint density at radius 3 is 2.50 bits per heavy atom. The zero-order chi connectivity index (χ0) is 20.1. The first kappa shape index (κ1) is 16.6. The fourth-order valence-corrected chi connectivity index (χ4v) is 4.00. The molecular weight excluding hydrogens is 374 g/mol. The molecule has 0 saturated heterocycles. The van der Waals surface area contributed by atoms with Crippen molar-refractivity contribution in [3.8, 4) is 16.9 Å². The normalized spacial score (nSPS) is 11.5. The number of benzene rings is 3. The van der Waals surface area contributed by atoms with Gasteiger partial charge in [0.2, 0.25) is 0 Å². The van der Waals surface area contributed by atoms with Gasteiger partial charge < -0.3 is 0 Å². The van der Waals surface area contributed by atoms with E-state index in [9.17, 15) is 4.79 Å². The summed E-state index contributed by atoms with van der Waals surface area (Å²) in [6, 6.07) is 25.6. The van der Waals surface area contributed by atoms with E-state index in [4.69, 9.17) is 0 Å². The summed E-state index contributed by atoms with van der Waals surface area (Å²) in [7, 11) is 0. The molecule has 6 nitrogen and oxygen atoms in total. The third kappa shape index (κ3) is 2.37. The van der Waals surface area contributed by atoms with Crippen molar-refractivity contribution in [2.24, 2.45) is 0 Å². The summed E-state index contributed by atoms with van der Waals surface area (Å²) in [6.45, 7) is 0. The number of rotatable bonds is 2. The van der Waals surface area contributed by atoms with Gasteiger partial charge in [0.1, 0.15) is 6.33 Å². The third-order valence-electron chi connectivity index (χ3n) is 5.34. The molecule has 0 saturated carbocycles. The number of aromatic nitrogens is 5. The Labute approximate surface area is 170 Å². The molecule has 0 aliphatic rings. The highest BCUT2D eigenvalue weighted by Gasteiger charge is 2.18. The first-order valence-electron chi connectivity index (χ1n) is 9.60. The fraction of sp³-hybridized carbons (Fsp3) is 0. The minimum atomic E-state index is -0.146. The standard InChI is InChI=1S/C24H15N5O/c30-23-21-19(13-14-28(23)20-12-6-10-16-7-4-5-11-18(16)20)27-24-25-15-26-29(24)22(21)17-8-2-1-3-9-17/h1-15H. The van der Waals surface area contributed by atoms with Gasteiger partial charge >= 0.3 is 0 Å². The van der Waals surface area contributed by atoms with E-state index in [0.29, 0.717) is 22.4 Å². The Kier molecular flexibility index (Phi) is 3.52. The van der Waals surface area contributed by atoms with Crippen LogP contribution in [0.3, 0.4) is 0 Å². The minimum absolute atomic E-state index is 0.146. The number of hydrogen-bond acceptors (Lipinski definition) is 4. The highest BCUT2D eigenvalue weighted by Crippen LogP contribution is 2.27.